The Morgan fingerprint density at radius 3 is 2.37 bits per heavy atom. The molecule has 0 bridgehead atoms. The molecule has 0 unspecified atom stereocenters. The Balaban J connectivity index is 2.84. The summed E-state index contributed by atoms with van der Waals surface area (Å²) in [5.41, 5.74) is 0. The minimum Gasteiger partial charge on any atom is -0.384 e. The molecule has 1 rings (SSSR count). The maximum absolute atomic E-state index is 12.6. The highest BCUT2D eigenvalue weighted by Crippen LogP contribution is 2.24. The molecule has 5 nitrogen and oxygen atoms in total. The summed E-state index contributed by atoms with van der Waals surface area (Å²) in [4.78, 5) is 0. The Morgan fingerprint density at radius 2 is 1.89 bits per heavy atom. The first-order valence-corrected chi connectivity index (χ1v) is 7.63. The number of alkyl halides is 3. The quantitative estimate of drug-likeness (QED) is 0.780. The molecule has 0 aromatic heterocycles. The molecular weight excluding hydrogens is 285 g/mol. The lowest BCUT2D eigenvalue weighted by Gasteiger charge is -2.34. The van der Waals surface area contributed by atoms with Crippen LogP contribution in [-0.4, -0.2) is 64.0 Å². The van der Waals surface area contributed by atoms with Gasteiger partial charge in [0.25, 0.3) is 0 Å². The highest BCUT2D eigenvalue weighted by molar-refractivity contribution is 7.89. The second kappa shape index (κ2) is 6.87. The lowest BCUT2D eigenvalue weighted by molar-refractivity contribution is -0.140. The predicted octanol–water partition coefficient (Wildman–Crippen LogP) is 0.579. The largest absolute Gasteiger partial charge is 0.402 e. The van der Waals surface area contributed by atoms with Gasteiger partial charge in [-0.15, -0.1) is 0 Å². The second-order valence-electron chi connectivity index (χ2n) is 4.45. The number of sulfonamides is 1. The molecule has 1 fully saturated rings. The van der Waals surface area contributed by atoms with Crippen LogP contribution in [0.2, 0.25) is 0 Å². The summed E-state index contributed by atoms with van der Waals surface area (Å²) < 4.78 is 66.9. The van der Waals surface area contributed by atoms with Crippen LogP contribution >= 0.6 is 0 Å². The van der Waals surface area contributed by atoms with Crippen LogP contribution in [0.1, 0.15) is 12.8 Å². The zero-order chi connectivity index (χ0) is 14.5. The molecule has 1 saturated heterocycles. The van der Waals surface area contributed by atoms with Crippen molar-refractivity contribution in [1.29, 1.82) is 0 Å². The molecule has 0 atom stereocenters. The first-order chi connectivity index (χ1) is 8.76. The summed E-state index contributed by atoms with van der Waals surface area (Å²) in [5.74, 6) is -0.427. The van der Waals surface area contributed by atoms with E-state index in [9.17, 15) is 21.6 Å². The van der Waals surface area contributed by atoms with Crippen LogP contribution in [0, 0.1) is 0 Å². The number of hydrogen-bond acceptors (Lipinski definition) is 4. The SMILES string of the molecule is COCCS(=O)(=O)N(CC(F)(F)F)C1CCNCC1. The van der Waals surface area contributed by atoms with Gasteiger partial charge in [0.1, 0.15) is 6.54 Å². The zero-order valence-corrected chi connectivity index (χ0v) is 11.6. The van der Waals surface area contributed by atoms with Crippen molar-refractivity contribution in [2.75, 3.05) is 39.1 Å². The van der Waals surface area contributed by atoms with E-state index in [1.807, 2.05) is 0 Å². The lowest BCUT2D eigenvalue weighted by Crippen LogP contribution is -2.50. The van der Waals surface area contributed by atoms with E-state index in [0.717, 1.165) is 0 Å². The Kier molecular flexibility index (Phi) is 6.03. The van der Waals surface area contributed by atoms with Gasteiger partial charge in [0.2, 0.25) is 10.0 Å². The smallest absolute Gasteiger partial charge is 0.384 e. The van der Waals surface area contributed by atoms with Crippen molar-refractivity contribution in [2.24, 2.45) is 0 Å². The molecule has 0 aliphatic carbocycles. The summed E-state index contributed by atoms with van der Waals surface area (Å²) in [6, 6.07) is -0.593. The fourth-order valence-electron chi connectivity index (χ4n) is 2.03. The van der Waals surface area contributed by atoms with E-state index >= 15 is 0 Å². The van der Waals surface area contributed by atoms with Crippen molar-refractivity contribution in [3.63, 3.8) is 0 Å². The monoisotopic (exact) mass is 304 g/mol. The van der Waals surface area contributed by atoms with Crippen LogP contribution in [-0.2, 0) is 14.8 Å². The van der Waals surface area contributed by atoms with Crippen LogP contribution in [0.5, 0.6) is 0 Å². The highest BCUT2D eigenvalue weighted by atomic mass is 32.2. The summed E-state index contributed by atoms with van der Waals surface area (Å²) >= 11 is 0. The minimum atomic E-state index is -4.54. The first kappa shape index (κ1) is 16.7. The molecular formula is C10H19F3N2O3S. The number of nitrogens with one attached hydrogen (secondary N) is 1. The maximum atomic E-state index is 12.6. The van der Waals surface area contributed by atoms with Crippen molar-refractivity contribution in [3.05, 3.63) is 0 Å². The molecule has 0 aromatic carbocycles. The molecule has 9 heteroatoms. The standard InChI is InChI=1S/C10H19F3N2O3S/c1-18-6-7-19(16,17)15(8-10(11,12)13)9-2-4-14-5-3-9/h9,14H,2-8H2,1H3. The van der Waals surface area contributed by atoms with E-state index in [0.29, 0.717) is 30.2 Å². The number of nitrogens with zero attached hydrogens (tertiary/aromatic N) is 1. The molecule has 0 amide bonds. The van der Waals surface area contributed by atoms with E-state index in [1.54, 1.807) is 0 Å². The first-order valence-electron chi connectivity index (χ1n) is 6.02. The molecule has 0 saturated carbocycles. The fraction of sp³-hybridized carbons (Fsp3) is 1.00. The van der Waals surface area contributed by atoms with E-state index in [1.165, 1.54) is 7.11 Å². The van der Waals surface area contributed by atoms with Crippen molar-refractivity contribution in [2.45, 2.75) is 25.1 Å². The summed E-state index contributed by atoms with van der Waals surface area (Å²) in [6.45, 7) is -0.483. The third kappa shape index (κ3) is 5.64. The van der Waals surface area contributed by atoms with Gasteiger partial charge in [-0.2, -0.15) is 17.5 Å². The van der Waals surface area contributed by atoms with Gasteiger partial charge in [-0.05, 0) is 25.9 Å². The Bertz CT molecular complexity index is 367. The van der Waals surface area contributed by atoms with Gasteiger partial charge in [0, 0.05) is 13.2 Å². The average Bonchev–Trinajstić information content (AvgIpc) is 2.33. The summed E-state index contributed by atoms with van der Waals surface area (Å²) in [6.07, 6.45) is -3.75. The minimum absolute atomic E-state index is 0.109. The zero-order valence-electron chi connectivity index (χ0n) is 10.7. The van der Waals surface area contributed by atoms with Crippen molar-refractivity contribution < 1.29 is 26.3 Å². The molecule has 1 aliphatic heterocycles. The topological polar surface area (TPSA) is 58.6 Å². The molecule has 0 spiro atoms. The predicted molar refractivity (Wildman–Crippen MR) is 64.3 cm³/mol. The van der Waals surface area contributed by atoms with E-state index < -0.39 is 34.5 Å². The molecule has 0 aromatic rings. The van der Waals surface area contributed by atoms with Gasteiger partial charge in [0.15, 0.2) is 0 Å². The van der Waals surface area contributed by atoms with Crippen LogP contribution in [0.3, 0.4) is 0 Å². The lowest BCUT2D eigenvalue weighted by atomic mass is 10.1. The number of methoxy groups -OCH3 is 1. The number of rotatable bonds is 6. The Morgan fingerprint density at radius 1 is 1.32 bits per heavy atom. The van der Waals surface area contributed by atoms with Gasteiger partial charge in [-0.1, -0.05) is 0 Å². The third-order valence-electron chi connectivity index (χ3n) is 2.95. The number of piperidine rings is 1. The van der Waals surface area contributed by atoms with Gasteiger partial charge in [-0.3, -0.25) is 0 Å². The molecule has 114 valence electrons. The highest BCUT2D eigenvalue weighted by Gasteiger charge is 2.40. The summed E-state index contributed by atoms with van der Waals surface area (Å²) in [5, 5.41) is 3.00. The van der Waals surface area contributed by atoms with Crippen molar-refractivity contribution >= 4 is 10.0 Å². The van der Waals surface area contributed by atoms with E-state index in [-0.39, 0.29) is 6.61 Å². The Hall–Kier alpha value is -0.380. The van der Waals surface area contributed by atoms with Crippen LogP contribution < -0.4 is 5.32 Å². The van der Waals surface area contributed by atoms with Gasteiger partial charge >= 0.3 is 6.18 Å². The number of ether oxygens (including phenoxy) is 1. The molecule has 19 heavy (non-hydrogen) atoms. The number of halogens is 3. The van der Waals surface area contributed by atoms with E-state index in [4.69, 9.17) is 0 Å². The van der Waals surface area contributed by atoms with Crippen LogP contribution in [0.4, 0.5) is 13.2 Å². The molecule has 1 heterocycles. The maximum Gasteiger partial charge on any atom is 0.402 e. The molecule has 1 aliphatic rings. The fourth-order valence-corrected chi connectivity index (χ4v) is 3.65. The molecule has 0 radical (unpaired) electrons. The normalized spacial score (nSPS) is 19.0. The Labute approximate surface area is 111 Å². The second-order valence-corrected chi connectivity index (χ2v) is 6.49. The van der Waals surface area contributed by atoms with Gasteiger partial charge < -0.3 is 10.1 Å². The average molecular weight is 304 g/mol. The third-order valence-corrected chi connectivity index (χ3v) is 4.78. The van der Waals surface area contributed by atoms with Crippen molar-refractivity contribution in [1.82, 2.24) is 9.62 Å². The van der Waals surface area contributed by atoms with Crippen molar-refractivity contribution in [3.8, 4) is 0 Å². The summed E-state index contributed by atoms with van der Waals surface area (Å²) in [7, 11) is -2.64. The van der Waals surface area contributed by atoms with Crippen LogP contribution in [0.15, 0.2) is 0 Å². The van der Waals surface area contributed by atoms with Crippen LogP contribution in [0.25, 0.3) is 0 Å². The van der Waals surface area contributed by atoms with Gasteiger partial charge in [0.05, 0.1) is 12.4 Å². The molecule has 1 N–H and O–H groups in total. The number of hydrogen-bond donors (Lipinski definition) is 1. The van der Waals surface area contributed by atoms with Gasteiger partial charge in [-0.25, -0.2) is 8.42 Å². The van der Waals surface area contributed by atoms with E-state index in [2.05, 4.69) is 10.1 Å².